The fourth-order valence-electron chi connectivity index (χ4n) is 4.78. The van der Waals surface area contributed by atoms with E-state index in [1.165, 1.54) is 0 Å². The molecule has 8 heteroatoms. The molecule has 2 N–H and O–H groups in total. The van der Waals surface area contributed by atoms with Gasteiger partial charge in [-0.15, -0.1) is 0 Å². The molecule has 7 nitrogen and oxygen atoms in total. The summed E-state index contributed by atoms with van der Waals surface area (Å²) in [6.07, 6.45) is 5.45. The summed E-state index contributed by atoms with van der Waals surface area (Å²) in [6.45, 7) is 7.86. The maximum atomic E-state index is 12.3. The summed E-state index contributed by atoms with van der Waals surface area (Å²) in [4.78, 5) is 23.5. The molecule has 0 saturated carbocycles. The van der Waals surface area contributed by atoms with Crippen molar-refractivity contribution in [2.24, 2.45) is 5.92 Å². The third-order valence-corrected chi connectivity index (χ3v) is 7.00. The van der Waals surface area contributed by atoms with Gasteiger partial charge in [-0.2, -0.15) is 0 Å². The molecule has 1 fully saturated rings. The molecule has 3 aromatic heterocycles. The zero-order valence-corrected chi connectivity index (χ0v) is 22.2. The summed E-state index contributed by atoms with van der Waals surface area (Å²) in [5, 5.41) is 7.18. The van der Waals surface area contributed by atoms with E-state index < -0.39 is 0 Å². The van der Waals surface area contributed by atoms with E-state index in [-0.39, 0.29) is 23.9 Å². The molecule has 0 unspecified atom stereocenters. The molecular weight excluding hydrogens is 480 g/mol. The second-order valence-electron chi connectivity index (χ2n) is 9.59. The minimum absolute atomic E-state index is 0.00734. The van der Waals surface area contributed by atoms with Crippen molar-refractivity contribution in [2.45, 2.75) is 39.8 Å². The Morgan fingerprint density at radius 3 is 2.54 bits per heavy atom. The highest BCUT2D eigenvalue weighted by molar-refractivity contribution is 7.80. The Labute approximate surface area is 222 Å². The number of carbonyl (C=O) groups is 1. The fourth-order valence-corrected chi connectivity index (χ4v) is 5.12. The average Bonchev–Trinajstić information content (AvgIpc) is 3.45. The van der Waals surface area contributed by atoms with E-state index in [1.54, 1.807) is 6.20 Å². The average molecular weight is 511 g/mol. The highest BCUT2D eigenvalue weighted by Crippen LogP contribution is 2.43. The summed E-state index contributed by atoms with van der Waals surface area (Å²) in [5.41, 5.74) is 6.78. The van der Waals surface area contributed by atoms with Gasteiger partial charge in [-0.05, 0) is 86.2 Å². The van der Waals surface area contributed by atoms with Gasteiger partial charge in [0.1, 0.15) is 6.04 Å². The van der Waals surface area contributed by atoms with Crippen LogP contribution in [-0.4, -0.2) is 25.6 Å². The third kappa shape index (κ3) is 4.72. The highest BCUT2D eigenvalue weighted by atomic mass is 32.1. The van der Waals surface area contributed by atoms with Gasteiger partial charge in [0.25, 0.3) is 0 Å². The zero-order chi connectivity index (χ0) is 26.1. The Hall–Kier alpha value is -4.04. The summed E-state index contributed by atoms with van der Waals surface area (Å²) in [6, 6.07) is 19.9. The van der Waals surface area contributed by atoms with Crippen molar-refractivity contribution in [3.05, 3.63) is 102 Å². The van der Waals surface area contributed by atoms with Gasteiger partial charge in [0.2, 0.25) is 5.91 Å². The first-order valence-electron chi connectivity index (χ1n) is 12.4. The zero-order valence-electron chi connectivity index (χ0n) is 21.3. The van der Waals surface area contributed by atoms with E-state index in [2.05, 4.69) is 61.3 Å². The number of pyridine rings is 2. The summed E-state index contributed by atoms with van der Waals surface area (Å²) in [7, 11) is 0. The molecular formula is C29H30N6OS. The van der Waals surface area contributed by atoms with Crippen LogP contribution < -0.4 is 15.5 Å². The molecule has 1 amide bonds. The van der Waals surface area contributed by atoms with Gasteiger partial charge >= 0.3 is 0 Å². The summed E-state index contributed by atoms with van der Waals surface area (Å²) >= 11 is 5.92. The molecule has 1 aliphatic rings. The van der Waals surface area contributed by atoms with Crippen molar-refractivity contribution in [3.63, 3.8) is 0 Å². The maximum Gasteiger partial charge on any atom is 0.226 e. The van der Waals surface area contributed by atoms with Gasteiger partial charge in [-0.25, -0.2) is 0 Å². The number of aryl methyl sites for hydroxylation is 2. The van der Waals surface area contributed by atoms with Gasteiger partial charge in [0, 0.05) is 41.1 Å². The van der Waals surface area contributed by atoms with Crippen LogP contribution in [-0.2, 0) is 4.79 Å². The molecule has 4 aromatic rings. The van der Waals surface area contributed by atoms with Crippen LogP contribution in [0.2, 0.25) is 0 Å². The second-order valence-corrected chi connectivity index (χ2v) is 9.97. The van der Waals surface area contributed by atoms with Gasteiger partial charge < -0.3 is 20.1 Å². The van der Waals surface area contributed by atoms with Gasteiger partial charge in [-0.1, -0.05) is 19.9 Å². The van der Waals surface area contributed by atoms with Crippen molar-refractivity contribution in [2.75, 3.05) is 10.2 Å². The van der Waals surface area contributed by atoms with Crippen LogP contribution in [0.1, 0.15) is 48.6 Å². The van der Waals surface area contributed by atoms with Crippen molar-refractivity contribution in [1.29, 1.82) is 0 Å². The molecule has 37 heavy (non-hydrogen) atoms. The third-order valence-electron chi connectivity index (χ3n) is 6.68. The molecule has 0 bridgehead atoms. The van der Waals surface area contributed by atoms with Gasteiger partial charge in [0.15, 0.2) is 5.11 Å². The number of anilines is 2. The predicted octanol–water partition coefficient (Wildman–Crippen LogP) is 5.66. The summed E-state index contributed by atoms with van der Waals surface area (Å²) in [5.74, 6) is -0.103. The van der Waals surface area contributed by atoms with E-state index in [9.17, 15) is 4.79 Å². The topological polar surface area (TPSA) is 75.1 Å². The quantitative estimate of drug-likeness (QED) is 0.326. The highest BCUT2D eigenvalue weighted by Gasteiger charge is 2.42. The normalized spacial score (nSPS) is 17.2. The van der Waals surface area contributed by atoms with Crippen LogP contribution >= 0.6 is 12.2 Å². The first kappa shape index (κ1) is 24.6. The molecule has 0 spiro atoms. The molecule has 1 aromatic carbocycles. The first-order chi connectivity index (χ1) is 17.8. The largest absolute Gasteiger partial charge is 0.351 e. The van der Waals surface area contributed by atoms with Crippen LogP contribution in [0.4, 0.5) is 11.4 Å². The Balaban J connectivity index is 1.62. The number of hydrogen-bond donors (Lipinski definition) is 2. The van der Waals surface area contributed by atoms with Crippen LogP contribution in [0, 0.1) is 19.8 Å². The number of carbonyl (C=O) groups excluding carboxylic acids is 1. The number of benzene rings is 1. The number of rotatable bonds is 6. The lowest BCUT2D eigenvalue weighted by Gasteiger charge is -2.29. The van der Waals surface area contributed by atoms with E-state index in [0.29, 0.717) is 5.11 Å². The second kappa shape index (κ2) is 10.1. The smallest absolute Gasteiger partial charge is 0.226 e. The number of thiocarbonyl (C=S) groups is 1. The van der Waals surface area contributed by atoms with Crippen molar-refractivity contribution < 1.29 is 4.79 Å². The van der Waals surface area contributed by atoms with E-state index in [1.807, 2.05) is 69.6 Å². The lowest BCUT2D eigenvalue weighted by atomic mass is 10.0. The molecule has 1 saturated heterocycles. The fraction of sp³-hybridized carbons (Fsp3) is 0.241. The standard InChI is InChI=1S/C29H30N6OS/c1-18(2)28(36)32-23-12-11-21(16-19(23)3)35-27(26(33-29(35)37)24-9-5-6-15-31-24)25-13-10-20(4)34(25)22-8-7-14-30-17-22/h5-18,26-27H,1-4H3,(H,32,36)(H,33,37)/t26-,27-/m0/s1. The monoisotopic (exact) mass is 510 g/mol. The van der Waals surface area contributed by atoms with E-state index >= 15 is 0 Å². The van der Waals surface area contributed by atoms with Gasteiger partial charge in [0.05, 0.1) is 23.6 Å². The van der Waals surface area contributed by atoms with E-state index in [0.717, 1.165) is 39.7 Å². The number of nitrogens with zero attached hydrogens (tertiary/aromatic N) is 4. The number of aromatic nitrogens is 3. The van der Waals surface area contributed by atoms with Gasteiger partial charge in [-0.3, -0.25) is 14.8 Å². The maximum absolute atomic E-state index is 12.3. The predicted molar refractivity (Wildman–Crippen MR) is 151 cm³/mol. The van der Waals surface area contributed by atoms with Crippen molar-refractivity contribution in [3.8, 4) is 5.69 Å². The lowest BCUT2D eigenvalue weighted by molar-refractivity contribution is -0.118. The Kier molecular flexibility index (Phi) is 6.76. The minimum Gasteiger partial charge on any atom is -0.351 e. The number of hydrogen-bond acceptors (Lipinski definition) is 4. The van der Waals surface area contributed by atoms with Crippen LogP contribution in [0.15, 0.2) is 79.3 Å². The van der Waals surface area contributed by atoms with Crippen molar-refractivity contribution >= 4 is 34.6 Å². The number of amides is 1. The van der Waals surface area contributed by atoms with Crippen molar-refractivity contribution in [1.82, 2.24) is 19.9 Å². The van der Waals surface area contributed by atoms with Crippen LogP contribution in [0.25, 0.3) is 5.69 Å². The van der Waals surface area contributed by atoms with Crippen LogP contribution in [0.5, 0.6) is 0 Å². The molecule has 0 aliphatic carbocycles. The molecule has 4 heterocycles. The summed E-state index contributed by atoms with van der Waals surface area (Å²) < 4.78 is 2.22. The lowest BCUT2D eigenvalue weighted by Crippen LogP contribution is -2.30. The molecule has 188 valence electrons. The Morgan fingerprint density at radius 2 is 1.86 bits per heavy atom. The number of nitrogens with one attached hydrogen (secondary N) is 2. The first-order valence-corrected chi connectivity index (χ1v) is 12.8. The molecule has 0 radical (unpaired) electrons. The molecule has 2 atom stereocenters. The van der Waals surface area contributed by atoms with E-state index in [4.69, 9.17) is 12.2 Å². The Bertz CT molecular complexity index is 1430. The molecule has 1 aliphatic heterocycles. The SMILES string of the molecule is Cc1cc(N2C(=S)N[C@@H](c3ccccn3)[C@@H]2c2ccc(C)n2-c2cccnc2)ccc1NC(=O)C(C)C. The van der Waals surface area contributed by atoms with Crippen LogP contribution in [0.3, 0.4) is 0 Å². The molecule has 5 rings (SSSR count). The minimum atomic E-state index is -0.174. The Morgan fingerprint density at radius 1 is 1.03 bits per heavy atom.